The standard InChI is InChI=1S/C18H14Cl2N4O/c1-12-16(17(20)23-24(12)15-8-3-2-4-9-15)11-21-22-18(25)13-6-5-7-14(19)10-13/h2-11H,1H3,(H,22,25)/b21-11-. The summed E-state index contributed by atoms with van der Waals surface area (Å²) in [5.41, 5.74) is 5.22. The summed E-state index contributed by atoms with van der Waals surface area (Å²) in [7, 11) is 0. The van der Waals surface area contributed by atoms with Crippen LogP contribution < -0.4 is 5.43 Å². The van der Waals surface area contributed by atoms with E-state index in [2.05, 4.69) is 15.6 Å². The highest BCUT2D eigenvalue weighted by molar-refractivity contribution is 6.32. The highest BCUT2D eigenvalue weighted by atomic mass is 35.5. The molecule has 1 N–H and O–H groups in total. The number of halogens is 2. The first-order chi connectivity index (χ1) is 12.1. The normalized spacial score (nSPS) is 11.0. The van der Waals surface area contributed by atoms with E-state index in [9.17, 15) is 4.79 Å². The zero-order valence-corrected chi connectivity index (χ0v) is 14.8. The number of hydrogen-bond donors (Lipinski definition) is 1. The van der Waals surface area contributed by atoms with Crippen molar-refractivity contribution < 1.29 is 4.79 Å². The zero-order chi connectivity index (χ0) is 17.8. The Morgan fingerprint density at radius 1 is 1.16 bits per heavy atom. The summed E-state index contributed by atoms with van der Waals surface area (Å²) < 4.78 is 1.72. The van der Waals surface area contributed by atoms with Crippen molar-refractivity contribution in [2.45, 2.75) is 6.92 Å². The quantitative estimate of drug-likeness (QED) is 0.549. The predicted octanol–water partition coefficient (Wildman–Crippen LogP) is 4.25. The summed E-state index contributed by atoms with van der Waals surface area (Å²) in [5.74, 6) is -0.358. The van der Waals surface area contributed by atoms with Crippen molar-refractivity contribution in [1.82, 2.24) is 15.2 Å². The first-order valence-corrected chi connectivity index (χ1v) is 8.21. The number of aromatic nitrogens is 2. The van der Waals surface area contributed by atoms with Gasteiger partial charge in [0.1, 0.15) is 0 Å². The van der Waals surface area contributed by atoms with Gasteiger partial charge in [0, 0.05) is 10.6 Å². The summed E-state index contributed by atoms with van der Waals surface area (Å²) in [4.78, 5) is 12.0. The minimum absolute atomic E-state index is 0.308. The number of carbonyl (C=O) groups excluding carboxylic acids is 1. The SMILES string of the molecule is Cc1c(/C=N\NC(=O)c2cccc(Cl)c2)c(Cl)nn1-c1ccccc1. The van der Waals surface area contributed by atoms with E-state index in [4.69, 9.17) is 23.2 Å². The van der Waals surface area contributed by atoms with Crippen molar-refractivity contribution in [1.29, 1.82) is 0 Å². The topological polar surface area (TPSA) is 59.3 Å². The zero-order valence-electron chi connectivity index (χ0n) is 13.3. The number of nitrogens with zero attached hydrogens (tertiary/aromatic N) is 3. The molecule has 5 nitrogen and oxygen atoms in total. The summed E-state index contributed by atoms with van der Waals surface area (Å²) in [6, 6.07) is 16.2. The first kappa shape index (κ1) is 17.2. The second kappa shape index (κ2) is 7.51. The molecule has 0 saturated carbocycles. The predicted molar refractivity (Wildman–Crippen MR) is 99.8 cm³/mol. The van der Waals surface area contributed by atoms with Crippen LogP contribution in [-0.2, 0) is 0 Å². The fraction of sp³-hybridized carbons (Fsp3) is 0.0556. The molecule has 1 aromatic heterocycles. The Bertz CT molecular complexity index is 936. The molecule has 25 heavy (non-hydrogen) atoms. The first-order valence-electron chi connectivity index (χ1n) is 7.46. The lowest BCUT2D eigenvalue weighted by atomic mass is 10.2. The molecule has 3 rings (SSSR count). The lowest BCUT2D eigenvalue weighted by Crippen LogP contribution is -2.17. The van der Waals surface area contributed by atoms with Gasteiger partial charge in [0.05, 0.1) is 23.2 Å². The van der Waals surface area contributed by atoms with Gasteiger partial charge >= 0.3 is 0 Å². The Kier molecular flexibility index (Phi) is 5.16. The van der Waals surface area contributed by atoms with Crippen LogP contribution in [0.2, 0.25) is 10.2 Å². The van der Waals surface area contributed by atoms with E-state index in [1.807, 2.05) is 37.3 Å². The third-order valence-corrected chi connectivity index (χ3v) is 4.08. The monoisotopic (exact) mass is 372 g/mol. The minimum Gasteiger partial charge on any atom is -0.267 e. The second-order valence-electron chi connectivity index (χ2n) is 5.25. The van der Waals surface area contributed by atoms with Gasteiger partial charge in [-0.15, -0.1) is 0 Å². The summed E-state index contributed by atoms with van der Waals surface area (Å²) >= 11 is 12.1. The van der Waals surface area contributed by atoms with Gasteiger partial charge in [0.15, 0.2) is 5.15 Å². The molecule has 3 aromatic rings. The Morgan fingerprint density at radius 2 is 1.92 bits per heavy atom. The van der Waals surface area contributed by atoms with Crippen molar-refractivity contribution in [2.24, 2.45) is 5.10 Å². The molecular formula is C18H14Cl2N4O. The largest absolute Gasteiger partial charge is 0.271 e. The number of carbonyl (C=O) groups is 1. The summed E-state index contributed by atoms with van der Waals surface area (Å²) in [5, 5.41) is 9.07. The fourth-order valence-electron chi connectivity index (χ4n) is 2.30. The molecule has 126 valence electrons. The maximum atomic E-state index is 12.0. The molecular weight excluding hydrogens is 359 g/mol. The van der Waals surface area contributed by atoms with Crippen LogP contribution in [-0.4, -0.2) is 21.9 Å². The number of amides is 1. The van der Waals surface area contributed by atoms with Crippen LogP contribution in [0.5, 0.6) is 0 Å². The second-order valence-corrected chi connectivity index (χ2v) is 6.04. The van der Waals surface area contributed by atoms with Crippen LogP contribution in [0.4, 0.5) is 0 Å². The van der Waals surface area contributed by atoms with Gasteiger partial charge in [-0.1, -0.05) is 47.5 Å². The Hall–Kier alpha value is -2.63. The third-order valence-electron chi connectivity index (χ3n) is 3.56. The molecule has 0 aliphatic carbocycles. The summed E-state index contributed by atoms with van der Waals surface area (Å²) in [6.07, 6.45) is 1.48. The molecule has 1 heterocycles. The Balaban J connectivity index is 1.78. The summed E-state index contributed by atoms with van der Waals surface area (Å²) in [6.45, 7) is 1.88. The molecule has 0 atom stereocenters. The van der Waals surface area contributed by atoms with E-state index in [0.717, 1.165) is 11.4 Å². The van der Waals surface area contributed by atoms with E-state index >= 15 is 0 Å². The van der Waals surface area contributed by atoms with Gasteiger partial charge in [-0.25, -0.2) is 10.1 Å². The lowest BCUT2D eigenvalue weighted by Gasteiger charge is -2.03. The van der Waals surface area contributed by atoms with Gasteiger partial charge in [-0.2, -0.15) is 10.2 Å². The van der Waals surface area contributed by atoms with E-state index in [-0.39, 0.29) is 5.91 Å². The van der Waals surface area contributed by atoms with E-state index in [0.29, 0.717) is 21.3 Å². The van der Waals surface area contributed by atoms with E-state index < -0.39 is 0 Å². The molecule has 0 aliphatic rings. The molecule has 0 fully saturated rings. The molecule has 0 aliphatic heterocycles. The van der Waals surface area contributed by atoms with Crippen LogP contribution in [0, 0.1) is 6.92 Å². The fourth-order valence-corrected chi connectivity index (χ4v) is 2.75. The molecule has 0 radical (unpaired) electrons. The van der Waals surface area contributed by atoms with Gasteiger partial charge in [0.25, 0.3) is 5.91 Å². The number of hydrogen-bond acceptors (Lipinski definition) is 3. The van der Waals surface area contributed by atoms with Gasteiger partial charge < -0.3 is 0 Å². The molecule has 0 spiro atoms. The van der Waals surface area contributed by atoms with Crippen LogP contribution in [0.25, 0.3) is 5.69 Å². The van der Waals surface area contributed by atoms with Crippen molar-refractivity contribution >= 4 is 35.3 Å². The molecule has 2 aromatic carbocycles. The average molecular weight is 373 g/mol. The van der Waals surface area contributed by atoms with Crippen molar-refractivity contribution in [3.8, 4) is 5.69 Å². The molecule has 0 unspecified atom stereocenters. The maximum Gasteiger partial charge on any atom is 0.271 e. The van der Waals surface area contributed by atoms with Crippen LogP contribution in [0.3, 0.4) is 0 Å². The molecule has 7 heteroatoms. The number of benzene rings is 2. The Labute approximate surface area is 154 Å². The van der Waals surface area contributed by atoms with Crippen molar-refractivity contribution in [2.75, 3.05) is 0 Å². The molecule has 0 saturated heterocycles. The van der Waals surface area contributed by atoms with Gasteiger partial charge in [0.2, 0.25) is 0 Å². The average Bonchev–Trinajstić information content (AvgIpc) is 2.90. The van der Waals surface area contributed by atoms with Crippen LogP contribution in [0.1, 0.15) is 21.6 Å². The van der Waals surface area contributed by atoms with Gasteiger partial charge in [-0.05, 0) is 37.3 Å². The lowest BCUT2D eigenvalue weighted by molar-refractivity contribution is 0.0955. The van der Waals surface area contributed by atoms with Crippen molar-refractivity contribution in [3.05, 3.63) is 81.6 Å². The smallest absolute Gasteiger partial charge is 0.267 e. The number of hydrazone groups is 1. The number of para-hydroxylation sites is 1. The highest BCUT2D eigenvalue weighted by Crippen LogP contribution is 2.20. The number of nitrogens with one attached hydrogen (secondary N) is 1. The molecule has 1 amide bonds. The van der Waals surface area contributed by atoms with Crippen LogP contribution in [0.15, 0.2) is 59.7 Å². The highest BCUT2D eigenvalue weighted by Gasteiger charge is 2.12. The van der Waals surface area contributed by atoms with Crippen molar-refractivity contribution in [3.63, 3.8) is 0 Å². The third kappa shape index (κ3) is 3.90. The molecule has 0 bridgehead atoms. The van der Waals surface area contributed by atoms with Gasteiger partial charge in [-0.3, -0.25) is 4.79 Å². The van der Waals surface area contributed by atoms with E-state index in [1.54, 1.807) is 28.9 Å². The number of rotatable bonds is 4. The van der Waals surface area contributed by atoms with Crippen LogP contribution >= 0.6 is 23.2 Å². The Morgan fingerprint density at radius 3 is 2.64 bits per heavy atom. The van der Waals surface area contributed by atoms with E-state index in [1.165, 1.54) is 6.21 Å². The minimum atomic E-state index is -0.358. The maximum absolute atomic E-state index is 12.0.